The summed E-state index contributed by atoms with van der Waals surface area (Å²) >= 11 is 0. The van der Waals surface area contributed by atoms with E-state index in [4.69, 9.17) is 5.73 Å². The van der Waals surface area contributed by atoms with E-state index in [1.807, 2.05) is 13.8 Å². The molecule has 1 aromatic rings. The van der Waals surface area contributed by atoms with Gasteiger partial charge in [0.15, 0.2) is 0 Å². The molecule has 0 aliphatic carbocycles. The molecule has 0 aliphatic heterocycles. The van der Waals surface area contributed by atoms with Gasteiger partial charge in [-0.2, -0.15) is 0 Å². The smallest absolute Gasteiger partial charge is 0.288 e. The van der Waals surface area contributed by atoms with Crippen molar-refractivity contribution in [3.63, 3.8) is 0 Å². The number of rotatable bonds is 6. The number of aromatic nitrogens is 1. The minimum absolute atomic E-state index is 0.0184. The number of nitrogens with one attached hydrogen (secondary N) is 2. The van der Waals surface area contributed by atoms with Crippen LogP contribution in [-0.2, 0) is 4.79 Å². The zero-order valence-corrected chi connectivity index (χ0v) is 11.8. The number of pyridine rings is 1. The first-order valence-corrected chi connectivity index (χ1v) is 6.28. The second-order valence-electron chi connectivity index (χ2n) is 4.61. The van der Waals surface area contributed by atoms with Gasteiger partial charge in [0.25, 0.3) is 11.6 Å². The van der Waals surface area contributed by atoms with Gasteiger partial charge >= 0.3 is 0 Å². The molecule has 1 rings (SSSR count). The predicted molar refractivity (Wildman–Crippen MR) is 75.5 cm³/mol. The highest BCUT2D eigenvalue weighted by molar-refractivity contribution is 5.99. The van der Waals surface area contributed by atoms with Crippen LogP contribution in [0.4, 0.5) is 11.5 Å². The average Bonchev–Trinajstić information content (AvgIpc) is 2.37. The summed E-state index contributed by atoms with van der Waals surface area (Å²) < 4.78 is 0. The number of carbonyl (C=O) groups excluding carboxylic acids is 2. The first-order chi connectivity index (χ1) is 9.81. The van der Waals surface area contributed by atoms with Crippen molar-refractivity contribution in [3.05, 3.63) is 27.9 Å². The lowest BCUT2D eigenvalue weighted by molar-refractivity contribution is -0.385. The normalized spacial score (nSPS) is 10.2. The van der Waals surface area contributed by atoms with Crippen molar-refractivity contribution in [1.29, 1.82) is 0 Å². The highest BCUT2D eigenvalue weighted by Gasteiger charge is 2.16. The lowest BCUT2D eigenvalue weighted by Crippen LogP contribution is -2.34. The molecule has 0 atom stereocenters. The number of anilines is 1. The molecule has 0 aromatic carbocycles. The largest absolute Gasteiger partial charge is 0.383 e. The van der Waals surface area contributed by atoms with Crippen molar-refractivity contribution >= 4 is 23.3 Å². The van der Waals surface area contributed by atoms with Gasteiger partial charge in [0, 0.05) is 25.1 Å². The first kappa shape index (κ1) is 16.3. The van der Waals surface area contributed by atoms with Crippen LogP contribution in [0, 0.1) is 10.1 Å². The fraction of sp³-hybridized carbons (Fsp3) is 0.417. The van der Waals surface area contributed by atoms with Gasteiger partial charge in [-0.3, -0.25) is 19.7 Å². The van der Waals surface area contributed by atoms with Gasteiger partial charge in [0.2, 0.25) is 5.91 Å². The zero-order chi connectivity index (χ0) is 16.0. The van der Waals surface area contributed by atoms with Crippen molar-refractivity contribution < 1.29 is 14.5 Å². The van der Waals surface area contributed by atoms with Gasteiger partial charge in [-0.1, -0.05) is 0 Å². The summed E-state index contributed by atoms with van der Waals surface area (Å²) in [5.41, 5.74) is 5.10. The van der Waals surface area contributed by atoms with Crippen LogP contribution in [0.5, 0.6) is 0 Å². The molecule has 114 valence electrons. The predicted octanol–water partition coefficient (Wildman–Crippen LogP) is 0.216. The van der Waals surface area contributed by atoms with E-state index >= 15 is 0 Å². The molecule has 0 fully saturated rings. The molecule has 0 unspecified atom stereocenters. The highest BCUT2D eigenvalue weighted by Crippen LogP contribution is 2.16. The van der Waals surface area contributed by atoms with E-state index in [1.165, 1.54) is 0 Å². The molecule has 9 nitrogen and oxygen atoms in total. The topological polar surface area (TPSA) is 140 Å². The number of nitrogens with zero attached hydrogens (tertiary/aromatic N) is 2. The number of nitrogens with two attached hydrogens (primary N) is 1. The molecular formula is C12H17N5O4. The monoisotopic (exact) mass is 295 g/mol. The van der Waals surface area contributed by atoms with E-state index in [0.29, 0.717) is 0 Å². The second kappa shape index (κ2) is 7.17. The summed E-state index contributed by atoms with van der Waals surface area (Å²) in [6.07, 6.45) is 1.08. The van der Waals surface area contributed by atoms with Gasteiger partial charge in [-0.25, -0.2) is 4.98 Å². The maximum atomic E-state index is 11.9. The number of amides is 2. The molecule has 21 heavy (non-hydrogen) atoms. The molecule has 4 N–H and O–H groups in total. The van der Waals surface area contributed by atoms with Crippen LogP contribution in [-0.4, -0.2) is 34.3 Å². The molecule has 1 heterocycles. The fourth-order valence-corrected chi connectivity index (χ4v) is 1.52. The molecule has 0 bridgehead atoms. The fourth-order valence-electron chi connectivity index (χ4n) is 1.52. The maximum Gasteiger partial charge on any atom is 0.288 e. The van der Waals surface area contributed by atoms with E-state index in [0.717, 1.165) is 12.3 Å². The standard InChI is InChI=1S/C12H17N5O4/c1-7(2)16-10(18)3-4-14-12(19)9-5-8(17(20)21)6-15-11(9)13/h5-7H,3-4H2,1-2H3,(H2,13,15)(H,14,19)(H,16,18). The summed E-state index contributed by atoms with van der Waals surface area (Å²) in [5, 5.41) is 15.8. The van der Waals surface area contributed by atoms with Gasteiger partial charge in [0.1, 0.15) is 12.0 Å². The Morgan fingerprint density at radius 3 is 2.71 bits per heavy atom. The molecule has 0 aliphatic rings. The van der Waals surface area contributed by atoms with Crippen LogP contribution in [0.15, 0.2) is 12.3 Å². The van der Waals surface area contributed by atoms with Crippen LogP contribution in [0.25, 0.3) is 0 Å². The Hall–Kier alpha value is -2.71. The summed E-state index contributed by atoms with van der Waals surface area (Å²) in [6.45, 7) is 3.75. The Kier molecular flexibility index (Phi) is 5.58. The molecule has 9 heteroatoms. The Morgan fingerprint density at radius 2 is 2.14 bits per heavy atom. The molecule has 0 saturated heterocycles. The maximum absolute atomic E-state index is 11.9. The van der Waals surface area contributed by atoms with Crippen LogP contribution < -0.4 is 16.4 Å². The van der Waals surface area contributed by atoms with Crippen molar-refractivity contribution in [2.45, 2.75) is 26.3 Å². The van der Waals surface area contributed by atoms with Crippen LogP contribution in [0.3, 0.4) is 0 Å². The minimum Gasteiger partial charge on any atom is -0.383 e. The first-order valence-electron chi connectivity index (χ1n) is 6.28. The SMILES string of the molecule is CC(C)NC(=O)CCNC(=O)c1cc([N+](=O)[O-])cnc1N. The molecule has 2 amide bonds. The number of hydrogen-bond acceptors (Lipinski definition) is 6. The number of carbonyl (C=O) groups is 2. The van der Waals surface area contributed by atoms with E-state index < -0.39 is 10.8 Å². The van der Waals surface area contributed by atoms with E-state index in [2.05, 4.69) is 15.6 Å². The molecular weight excluding hydrogens is 278 g/mol. The van der Waals surface area contributed by atoms with Gasteiger partial charge < -0.3 is 16.4 Å². The summed E-state index contributed by atoms with van der Waals surface area (Å²) in [6, 6.07) is 1.07. The highest BCUT2D eigenvalue weighted by atomic mass is 16.6. The Bertz CT molecular complexity index is 559. The lowest BCUT2D eigenvalue weighted by Gasteiger charge is -2.09. The zero-order valence-electron chi connectivity index (χ0n) is 11.8. The Labute approximate surface area is 121 Å². The molecule has 0 spiro atoms. The van der Waals surface area contributed by atoms with Gasteiger partial charge in [-0.15, -0.1) is 0 Å². The third kappa shape index (κ3) is 5.05. The van der Waals surface area contributed by atoms with E-state index in [9.17, 15) is 19.7 Å². The van der Waals surface area contributed by atoms with Gasteiger partial charge in [-0.05, 0) is 13.8 Å². The third-order valence-corrected chi connectivity index (χ3v) is 2.45. The van der Waals surface area contributed by atoms with E-state index in [-0.39, 0.29) is 42.0 Å². The van der Waals surface area contributed by atoms with Crippen LogP contribution in [0.2, 0.25) is 0 Å². The lowest BCUT2D eigenvalue weighted by atomic mass is 10.2. The van der Waals surface area contributed by atoms with Crippen molar-refractivity contribution in [1.82, 2.24) is 15.6 Å². The number of hydrogen-bond donors (Lipinski definition) is 3. The molecule has 0 radical (unpaired) electrons. The van der Waals surface area contributed by atoms with Crippen molar-refractivity contribution in [2.75, 3.05) is 12.3 Å². The van der Waals surface area contributed by atoms with Gasteiger partial charge in [0.05, 0.1) is 10.5 Å². The molecule has 1 aromatic heterocycles. The Morgan fingerprint density at radius 1 is 1.48 bits per heavy atom. The van der Waals surface area contributed by atoms with Crippen LogP contribution in [0.1, 0.15) is 30.6 Å². The van der Waals surface area contributed by atoms with Crippen molar-refractivity contribution in [2.24, 2.45) is 0 Å². The number of nitrogen functional groups attached to an aromatic ring is 1. The Balaban J connectivity index is 2.62. The third-order valence-electron chi connectivity index (χ3n) is 2.45. The van der Waals surface area contributed by atoms with Crippen LogP contribution >= 0.6 is 0 Å². The van der Waals surface area contributed by atoms with E-state index in [1.54, 1.807) is 0 Å². The quantitative estimate of drug-likeness (QED) is 0.506. The summed E-state index contributed by atoms with van der Waals surface area (Å²) in [5.74, 6) is -0.916. The van der Waals surface area contributed by atoms with Crippen molar-refractivity contribution in [3.8, 4) is 0 Å². The second-order valence-corrected chi connectivity index (χ2v) is 4.61. The summed E-state index contributed by atoms with van der Waals surface area (Å²) in [7, 11) is 0. The molecule has 0 saturated carbocycles. The average molecular weight is 295 g/mol. The number of nitro groups is 1. The summed E-state index contributed by atoms with van der Waals surface area (Å²) in [4.78, 5) is 36.8. The minimum atomic E-state index is -0.667.